The topological polar surface area (TPSA) is 38.7 Å². The predicted molar refractivity (Wildman–Crippen MR) is 124 cm³/mol. The molecule has 6 rings (SSSR count). The molecule has 0 bridgehead atoms. The van der Waals surface area contributed by atoms with E-state index in [0.717, 1.165) is 0 Å². The molecule has 5 aromatic rings. The minimum absolute atomic E-state index is 1.85. The van der Waals surface area contributed by atoms with Gasteiger partial charge in [-0.3, -0.25) is 0 Å². The van der Waals surface area contributed by atoms with Crippen molar-refractivity contribution in [2.75, 3.05) is 0 Å². The summed E-state index contributed by atoms with van der Waals surface area (Å²) in [5.74, 6) is -48.0. The maximum absolute atomic E-state index is 15.5. The summed E-state index contributed by atoms with van der Waals surface area (Å²) in [6.45, 7) is 0. The Balaban J connectivity index is 1.58. The van der Waals surface area contributed by atoms with Crippen molar-refractivity contribution in [2.24, 2.45) is 0 Å². The molecule has 0 radical (unpaired) electrons. The van der Waals surface area contributed by atoms with Gasteiger partial charge < -0.3 is 14.3 Å². The summed E-state index contributed by atoms with van der Waals surface area (Å²) >= 11 is 0. The first kappa shape index (κ1) is 33.1. The van der Waals surface area contributed by atoms with Crippen LogP contribution in [0.3, 0.4) is 0 Å². The Morgan fingerprint density at radius 2 is 0.667 bits per heavy atom. The van der Waals surface area contributed by atoms with Gasteiger partial charge in [-0.05, 0) is 0 Å². The molecule has 0 spiro atoms. The molecule has 0 aromatic heterocycles. The third-order valence-electron chi connectivity index (χ3n) is 7.28. The molecule has 0 saturated carbocycles. The van der Waals surface area contributed by atoms with Crippen molar-refractivity contribution in [1.82, 2.24) is 0 Å². The Labute approximate surface area is 251 Å². The third kappa shape index (κ3) is 4.12. The summed E-state index contributed by atoms with van der Waals surface area (Å²) in [6, 6.07) is 0. The molecule has 0 amide bonds. The van der Waals surface area contributed by atoms with Gasteiger partial charge in [-0.1, -0.05) is 0 Å². The van der Waals surface area contributed by atoms with Gasteiger partial charge in [-0.15, -0.1) is 0 Å². The lowest BCUT2D eigenvalue weighted by Gasteiger charge is -2.20. The Hall–Kier alpha value is -4.79. The first-order chi connectivity index (χ1) is 22.4. The summed E-state index contributed by atoms with van der Waals surface area (Å²) in [5.41, 5.74) is -7.41. The molecule has 0 unspecified atom stereocenters. The van der Waals surface area contributed by atoms with Gasteiger partial charge in [0, 0.05) is 22.3 Å². The highest BCUT2D eigenvalue weighted by atomic mass is 19.2. The number of fused-ring (bicyclic) bond motifs is 5. The lowest BCUT2D eigenvalue weighted by molar-refractivity contribution is 0.144. The molecule has 21 heteroatoms. The molecule has 5 aromatic carbocycles. The van der Waals surface area contributed by atoms with Gasteiger partial charge in [0.25, 0.3) is 0 Å². The molecule has 1 aliphatic rings. The normalized spacial score (nSPS) is 12.8. The third-order valence-corrected chi connectivity index (χ3v) is 7.28. The Morgan fingerprint density at radius 3 is 1.08 bits per heavy atom. The van der Waals surface area contributed by atoms with E-state index in [1.165, 1.54) is 0 Å². The van der Waals surface area contributed by atoms with E-state index >= 15 is 8.78 Å². The number of halogens is 17. The maximum atomic E-state index is 15.5. The Kier molecular flexibility index (Phi) is 7.50. The zero-order valence-electron chi connectivity index (χ0n) is 21.8. The monoisotopic (exact) mass is 708 g/mol. The number of rotatable bonds is 4. The van der Waals surface area contributed by atoms with E-state index < -0.39 is 162 Å². The number of hydrogen-bond acceptors (Lipinski definition) is 3. The van der Waals surface area contributed by atoms with Crippen LogP contribution < -0.4 is 4.65 Å². The summed E-state index contributed by atoms with van der Waals surface area (Å²) in [5, 5.41) is 1.59. The van der Waals surface area contributed by atoms with Crippen LogP contribution in [0.4, 0.5) is 74.6 Å². The van der Waals surface area contributed by atoms with Crippen molar-refractivity contribution in [3.63, 3.8) is 0 Å². The van der Waals surface area contributed by atoms with E-state index in [4.69, 9.17) is 0 Å². The Morgan fingerprint density at radius 1 is 0.354 bits per heavy atom. The highest BCUT2D eigenvalue weighted by Gasteiger charge is 2.47. The van der Waals surface area contributed by atoms with Gasteiger partial charge in [0.2, 0.25) is 5.82 Å². The van der Waals surface area contributed by atoms with Crippen LogP contribution in [0, 0.1) is 98.9 Å². The molecular formula is C27H2BF17O3. The van der Waals surface area contributed by atoms with Crippen LogP contribution in [0.1, 0.15) is 17.2 Å². The van der Waals surface area contributed by atoms with Crippen LogP contribution in [0.5, 0.6) is 5.75 Å². The molecule has 0 saturated heterocycles. The van der Waals surface area contributed by atoms with Crippen LogP contribution >= 0.6 is 0 Å². The molecule has 0 heterocycles. The van der Waals surface area contributed by atoms with E-state index in [2.05, 4.69) is 9.31 Å². The SMILES string of the molecule is OB(Oc1c(F)c(F)c(F)c2c(F)c3c(F)c(F)c(F)c(F)c3c(F)c12)OC1c2c(F)c(F)c(F)c(F)c2-c2c(F)c(F)c(F)c(F)c21. The van der Waals surface area contributed by atoms with Gasteiger partial charge in [-0.25, -0.2) is 70.2 Å². The van der Waals surface area contributed by atoms with Gasteiger partial charge in [0.15, 0.2) is 87.2 Å². The molecule has 0 atom stereocenters. The molecular weight excluding hydrogens is 706 g/mol. The molecule has 1 aliphatic carbocycles. The van der Waals surface area contributed by atoms with Crippen LogP contribution in [0.15, 0.2) is 0 Å². The minimum atomic E-state index is -3.60. The molecule has 3 nitrogen and oxygen atoms in total. The Bertz CT molecular complexity index is 2240. The summed E-state index contributed by atoms with van der Waals surface area (Å²) < 4.78 is 256. The highest BCUT2D eigenvalue weighted by molar-refractivity contribution is 6.36. The quantitative estimate of drug-likeness (QED) is 0.0670. The van der Waals surface area contributed by atoms with Crippen molar-refractivity contribution in [3.8, 4) is 16.9 Å². The number of hydrogen-bond donors (Lipinski definition) is 1. The fourth-order valence-corrected chi connectivity index (χ4v) is 5.26. The highest BCUT2D eigenvalue weighted by Crippen LogP contribution is 2.52. The van der Waals surface area contributed by atoms with Crippen LogP contribution in [-0.4, -0.2) is 12.3 Å². The average molecular weight is 708 g/mol. The van der Waals surface area contributed by atoms with Crippen molar-refractivity contribution in [3.05, 3.63) is 110 Å². The first-order valence-electron chi connectivity index (χ1n) is 12.2. The van der Waals surface area contributed by atoms with Crippen LogP contribution in [0.25, 0.3) is 32.7 Å². The average Bonchev–Trinajstić information content (AvgIpc) is 3.38. The molecule has 1 N–H and O–H groups in total. The molecule has 0 fully saturated rings. The van der Waals surface area contributed by atoms with Gasteiger partial charge >= 0.3 is 7.32 Å². The minimum Gasteiger partial charge on any atom is -0.509 e. The predicted octanol–water partition coefficient (Wildman–Crippen LogP) is 8.50. The molecule has 0 aliphatic heterocycles. The molecule has 48 heavy (non-hydrogen) atoms. The standard InChI is InChI=1S/C27H2BF17O3/c29-9-3-4(14(34)21(41)20(40)13(3)33)10(30)8-5(9)15(35)24(44)25(45)27(8)48-28(46)47-26-6-1(11(31)18(38)22(42)16(6)36)2-7(26)17(37)23(43)19(39)12(2)32/h26,46H. The van der Waals surface area contributed by atoms with Gasteiger partial charge in [0.05, 0.1) is 21.5 Å². The smallest absolute Gasteiger partial charge is 0.509 e. The second kappa shape index (κ2) is 10.9. The second-order valence-electron chi connectivity index (χ2n) is 9.69. The van der Waals surface area contributed by atoms with Crippen molar-refractivity contribution in [2.45, 2.75) is 6.10 Å². The maximum Gasteiger partial charge on any atom is 0.711 e. The van der Waals surface area contributed by atoms with Crippen LogP contribution in [-0.2, 0) is 4.65 Å². The lowest BCUT2D eigenvalue weighted by Crippen LogP contribution is -2.30. The van der Waals surface area contributed by atoms with Crippen molar-refractivity contribution < 1.29 is 89.0 Å². The zero-order chi connectivity index (χ0) is 35.6. The zero-order valence-corrected chi connectivity index (χ0v) is 21.8. The number of benzene rings is 5. The largest absolute Gasteiger partial charge is 0.711 e. The van der Waals surface area contributed by atoms with E-state index in [0.29, 0.717) is 0 Å². The van der Waals surface area contributed by atoms with E-state index in [1.807, 2.05) is 0 Å². The second-order valence-corrected chi connectivity index (χ2v) is 9.69. The summed E-state index contributed by atoms with van der Waals surface area (Å²) in [6.07, 6.45) is -3.15. The lowest BCUT2D eigenvalue weighted by atomic mass is 9.98. The van der Waals surface area contributed by atoms with Crippen molar-refractivity contribution in [1.29, 1.82) is 0 Å². The fourth-order valence-electron chi connectivity index (χ4n) is 5.26. The van der Waals surface area contributed by atoms with Crippen molar-refractivity contribution >= 4 is 28.9 Å². The van der Waals surface area contributed by atoms with Crippen LogP contribution in [0.2, 0.25) is 0 Å². The van der Waals surface area contributed by atoms with Gasteiger partial charge in [-0.2, -0.15) is 4.39 Å². The summed E-state index contributed by atoms with van der Waals surface area (Å²) in [7, 11) is -3.60. The van der Waals surface area contributed by atoms with E-state index in [1.54, 1.807) is 0 Å². The van der Waals surface area contributed by atoms with E-state index in [-0.39, 0.29) is 0 Å². The van der Waals surface area contributed by atoms with Gasteiger partial charge in [0.1, 0.15) is 17.7 Å². The summed E-state index contributed by atoms with van der Waals surface area (Å²) in [4.78, 5) is 0. The molecule has 250 valence electrons. The van der Waals surface area contributed by atoms with E-state index in [9.17, 15) is 70.9 Å². The fraction of sp³-hybridized carbons (Fsp3) is 0.0370. The first-order valence-corrected chi connectivity index (χ1v) is 12.2.